The van der Waals surface area contributed by atoms with Crippen molar-refractivity contribution >= 4 is 38.7 Å². The van der Waals surface area contributed by atoms with Crippen molar-refractivity contribution < 1.29 is 9.47 Å². The Kier molecular flexibility index (Phi) is 4.55. The van der Waals surface area contributed by atoms with Crippen molar-refractivity contribution in [3.8, 4) is 45.6 Å². The predicted octanol–water partition coefficient (Wildman–Crippen LogP) is 9.80. The molecule has 0 radical (unpaired) electrons. The van der Waals surface area contributed by atoms with Gasteiger partial charge >= 0.3 is 0 Å². The monoisotopic (exact) mass is 527 g/mol. The summed E-state index contributed by atoms with van der Waals surface area (Å²) in [6.07, 6.45) is 0. The molecule has 1 aromatic heterocycles. The van der Waals surface area contributed by atoms with Crippen molar-refractivity contribution in [1.29, 1.82) is 0 Å². The second-order valence-corrected chi connectivity index (χ2v) is 10.3. The maximum atomic E-state index is 6.47. The number of rotatable bonds is 2. The van der Waals surface area contributed by atoms with Crippen LogP contribution >= 0.6 is 0 Å². The van der Waals surface area contributed by atoms with Crippen LogP contribution in [-0.2, 0) is 0 Å². The Bertz CT molecular complexity index is 2190. The van der Waals surface area contributed by atoms with E-state index >= 15 is 0 Å². The molecule has 5 nitrogen and oxygen atoms in total. The highest BCUT2D eigenvalue weighted by atomic mass is 16.5. The number of fused-ring (bicyclic) bond motifs is 6. The molecular formula is C36H21N3O2. The topological polar surface area (TPSA) is 47.5 Å². The van der Waals surface area contributed by atoms with E-state index in [-0.39, 0.29) is 0 Å². The maximum absolute atomic E-state index is 6.47. The number of hydrogen-bond acceptors (Lipinski definition) is 5. The molecule has 7 aromatic rings. The highest BCUT2D eigenvalue weighted by molar-refractivity contribution is 5.97. The Labute approximate surface area is 235 Å². The van der Waals surface area contributed by atoms with Crippen molar-refractivity contribution in [2.75, 3.05) is 4.90 Å². The highest BCUT2D eigenvalue weighted by Gasteiger charge is 2.34. The van der Waals surface area contributed by atoms with E-state index in [1.54, 1.807) is 0 Å². The summed E-state index contributed by atoms with van der Waals surface area (Å²) in [6.45, 7) is 0. The molecule has 0 N–H and O–H groups in total. The largest absolute Gasteiger partial charge is 0.453 e. The molecule has 6 aromatic carbocycles. The van der Waals surface area contributed by atoms with Gasteiger partial charge in [-0.2, -0.15) is 0 Å². The normalized spacial score (nSPS) is 12.7. The van der Waals surface area contributed by atoms with Crippen LogP contribution in [0.1, 0.15) is 0 Å². The first-order valence-corrected chi connectivity index (χ1v) is 13.6. The first kappa shape index (κ1) is 22.2. The summed E-state index contributed by atoms with van der Waals surface area (Å²) in [5.41, 5.74) is 6.59. The van der Waals surface area contributed by atoms with E-state index in [1.165, 1.54) is 10.8 Å². The van der Waals surface area contributed by atoms with Gasteiger partial charge in [0.05, 0.1) is 22.6 Å². The molecule has 0 aliphatic carbocycles. The first-order valence-electron chi connectivity index (χ1n) is 13.6. The van der Waals surface area contributed by atoms with Crippen LogP contribution in [0, 0.1) is 0 Å². The van der Waals surface area contributed by atoms with Crippen LogP contribution in [0.4, 0.5) is 17.1 Å². The summed E-state index contributed by atoms with van der Waals surface area (Å²) in [4.78, 5) is 12.3. The van der Waals surface area contributed by atoms with Crippen LogP contribution in [-0.4, -0.2) is 9.97 Å². The van der Waals surface area contributed by atoms with Crippen LogP contribution in [0.5, 0.6) is 23.0 Å². The van der Waals surface area contributed by atoms with Gasteiger partial charge in [-0.3, -0.25) is 4.90 Å². The lowest BCUT2D eigenvalue weighted by Crippen LogP contribution is -2.20. The minimum atomic E-state index is 0.653. The summed E-state index contributed by atoms with van der Waals surface area (Å²) in [6, 6.07) is 43.2. The average molecular weight is 528 g/mol. The predicted molar refractivity (Wildman–Crippen MR) is 163 cm³/mol. The molecular weight excluding hydrogens is 506 g/mol. The van der Waals surface area contributed by atoms with Gasteiger partial charge in [-0.15, -0.1) is 0 Å². The molecule has 5 heteroatoms. The molecule has 41 heavy (non-hydrogen) atoms. The van der Waals surface area contributed by atoms with E-state index < -0.39 is 0 Å². The Balaban J connectivity index is 1.22. The summed E-state index contributed by atoms with van der Waals surface area (Å²) in [7, 11) is 0. The second kappa shape index (κ2) is 8.41. The average Bonchev–Trinajstić information content (AvgIpc) is 3.03. The Hall–Kier alpha value is -5.68. The third-order valence-corrected chi connectivity index (χ3v) is 7.82. The van der Waals surface area contributed by atoms with Crippen molar-refractivity contribution in [3.63, 3.8) is 0 Å². The van der Waals surface area contributed by atoms with Crippen LogP contribution in [0.2, 0.25) is 0 Å². The fourth-order valence-corrected chi connectivity index (χ4v) is 5.91. The second-order valence-electron chi connectivity index (χ2n) is 10.3. The Morgan fingerprint density at radius 3 is 2.12 bits per heavy atom. The summed E-state index contributed by atoms with van der Waals surface area (Å²) in [5, 5.41) is 3.40. The molecule has 0 amide bonds. The van der Waals surface area contributed by atoms with Crippen LogP contribution in [0.25, 0.3) is 44.3 Å². The zero-order valence-electron chi connectivity index (χ0n) is 21.8. The van der Waals surface area contributed by atoms with Gasteiger partial charge in [-0.25, -0.2) is 9.97 Å². The van der Waals surface area contributed by atoms with Gasteiger partial charge in [0.1, 0.15) is 5.69 Å². The van der Waals surface area contributed by atoms with E-state index in [4.69, 9.17) is 19.4 Å². The van der Waals surface area contributed by atoms with Gasteiger partial charge < -0.3 is 9.47 Å². The Morgan fingerprint density at radius 2 is 1.20 bits per heavy atom. The minimum Gasteiger partial charge on any atom is -0.453 e. The molecule has 0 bridgehead atoms. The summed E-state index contributed by atoms with van der Waals surface area (Å²) < 4.78 is 12.7. The number of ether oxygens (including phenoxy) is 2. The van der Waals surface area contributed by atoms with Crippen molar-refractivity contribution in [1.82, 2.24) is 9.97 Å². The van der Waals surface area contributed by atoms with E-state index in [0.29, 0.717) is 5.82 Å². The van der Waals surface area contributed by atoms with Gasteiger partial charge in [0.15, 0.2) is 28.8 Å². The van der Waals surface area contributed by atoms with Gasteiger partial charge in [0.25, 0.3) is 0 Å². The van der Waals surface area contributed by atoms with E-state index in [0.717, 1.165) is 67.8 Å². The summed E-state index contributed by atoms with van der Waals surface area (Å²) in [5.74, 6) is 3.73. The number of aromatic nitrogens is 2. The maximum Gasteiger partial charge on any atom is 0.160 e. The molecule has 0 atom stereocenters. The van der Waals surface area contributed by atoms with Gasteiger partial charge in [-0.05, 0) is 65.4 Å². The number of hydrogen-bond donors (Lipinski definition) is 0. The molecule has 0 unspecified atom stereocenters. The number of para-hydroxylation sites is 4. The third kappa shape index (κ3) is 3.36. The number of benzene rings is 6. The van der Waals surface area contributed by atoms with E-state index in [9.17, 15) is 0 Å². The smallest absolute Gasteiger partial charge is 0.160 e. The van der Waals surface area contributed by atoms with Crippen molar-refractivity contribution in [2.24, 2.45) is 0 Å². The van der Waals surface area contributed by atoms with Crippen molar-refractivity contribution in [3.05, 3.63) is 127 Å². The van der Waals surface area contributed by atoms with Gasteiger partial charge in [0, 0.05) is 16.5 Å². The molecule has 0 fully saturated rings. The molecule has 2 aliphatic rings. The van der Waals surface area contributed by atoms with Crippen LogP contribution in [0.15, 0.2) is 127 Å². The molecule has 0 saturated carbocycles. The molecule has 9 rings (SSSR count). The number of anilines is 3. The summed E-state index contributed by atoms with van der Waals surface area (Å²) >= 11 is 0. The lowest BCUT2D eigenvalue weighted by atomic mass is 10.0. The molecule has 2 aliphatic heterocycles. The van der Waals surface area contributed by atoms with E-state index in [2.05, 4.69) is 71.6 Å². The van der Waals surface area contributed by atoms with Crippen LogP contribution < -0.4 is 14.4 Å². The van der Waals surface area contributed by atoms with Gasteiger partial charge in [-0.1, -0.05) is 72.8 Å². The lowest BCUT2D eigenvalue weighted by molar-refractivity contribution is 0.446. The SMILES string of the molecule is c1ccc2c(c1)Oc1cccc3c1N2c1ccc(-c2nc(-c4ccc5ccccc5c4)c4ccccc4n2)cc1O3. The van der Waals surface area contributed by atoms with Crippen molar-refractivity contribution in [2.45, 2.75) is 0 Å². The highest BCUT2D eigenvalue weighted by Crippen LogP contribution is 2.59. The Morgan fingerprint density at radius 1 is 0.488 bits per heavy atom. The zero-order valence-corrected chi connectivity index (χ0v) is 21.8. The fraction of sp³-hybridized carbons (Fsp3) is 0. The van der Waals surface area contributed by atoms with E-state index in [1.807, 2.05) is 60.7 Å². The quantitative estimate of drug-likeness (QED) is 0.224. The number of nitrogens with zero attached hydrogens (tertiary/aromatic N) is 3. The molecule has 192 valence electrons. The molecule has 0 spiro atoms. The standard InChI is InChI=1S/C36H21N3O2/c1-2-9-23-20-24(17-16-22(23)8-1)34-26-10-3-4-11-27(26)37-36(38-34)25-18-19-29-33(21-25)41-32-15-7-14-31-35(32)39(29)28-12-5-6-13-30(28)40-31/h1-21H. The molecule has 3 heterocycles. The van der Waals surface area contributed by atoms with Crippen LogP contribution in [0.3, 0.4) is 0 Å². The molecule has 0 saturated heterocycles. The third-order valence-electron chi connectivity index (χ3n) is 7.82. The lowest BCUT2D eigenvalue weighted by Gasteiger charge is -2.37. The minimum absolute atomic E-state index is 0.653. The first-order chi connectivity index (χ1) is 20.3. The fourth-order valence-electron chi connectivity index (χ4n) is 5.91. The van der Waals surface area contributed by atoms with Gasteiger partial charge in [0.2, 0.25) is 0 Å². The zero-order chi connectivity index (χ0) is 26.9.